The molecule has 0 aliphatic carbocycles. The molecule has 0 fully saturated rings. The molecule has 0 spiro atoms. The number of sulfonamides is 1. The summed E-state index contributed by atoms with van der Waals surface area (Å²) >= 11 is 0.983. The number of nitrogens with one attached hydrogen (secondary N) is 2. The summed E-state index contributed by atoms with van der Waals surface area (Å²) in [6.45, 7) is 5.79. The number of para-hydroxylation sites is 1. The molecule has 0 aliphatic rings. The summed E-state index contributed by atoms with van der Waals surface area (Å²) in [7, 11) is -0.980. The Bertz CT molecular complexity index is 1130. The van der Waals surface area contributed by atoms with Crippen molar-refractivity contribution in [3.8, 4) is 18.6 Å². The maximum Gasteiger partial charge on any atom is 0.246 e. The number of nitrogens with zero attached hydrogens (tertiary/aromatic N) is 3. The number of aliphatic hydroxyl groups is 1. The second-order valence-electron chi connectivity index (χ2n) is 7.06. The van der Waals surface area contributed by atoms with Crippen LogP contribution in [0.1, 0.15) is 25.2 Å². The van der Waals surface area contributed by atoms with Crippen molar-refractivity contribution >= 4 is 39.1 Å². The van der Waals surface area contributed by atoms with E-state index in [0.717, 1.165) is 27.4 Å². The summed E-state index contributed by atoms with van der Waals surface area (Å²) in [5, 5.41) is 24.5. The molecule has 4 N–H and O–H groups in total. The maximum absolute atomic E-state index is 12.3. The lowest BCUT2D eigenvalue weighted by molar-refractivity contribution is 0.216. The van der Waals surface area contributed by atoms with E-state index in [1.165, 1.54) is 26.2 Å². The molecule has 3 rings (SSSR count). The van der Waals surface area contributed by atoms with Crippen LogP contribution in [0.3, 0.4) is 0 Å². The number of anilines is 3. The summed E-state index contributed by atoms with van der Waals surface area (Å²) < 4.78 is 39.4. The molecule has 2 heterocycles. The number of rotatable bonds is 7. The molecule has 2 aromatic heterocycles. The van der Waals surface area contributed by atoms with E-state index in [1.807, 2.05) is 13.0 Å². The number of aliphatic hydroxyl groups excluding tert-OH is 1. The number of aryl methyl sites for hydroxylation is 1. The van der Waals surface area contributed by atoms with Gasteiger partial charge in [-0.05, 0) is 44.5 Å². The van der Waals surface area contributed by atoms with Crippen LogP contribution >= 0.6 is 11.7 Å². The average Bonchev–Trinajstić information content (AvgIpc) is 3.37. The minimum absolute atomic E-state index is 0.167. The lowest BCUT2D eigenvalue weighted by Gasteiger charge is -2.15. The Kier molecular flexibility index (Phi) is 10.8. The first-order chi connectivity index (χ1) is 15.5. The normalized spacial score (nSPS) is 10.7. The van der Waals surface area contributed by atoms with Gasteiger partial charge < -0.3 is 25.3 Å². The van der Waals surface area contributed by atoms with Crippen molar-refractivity contribution < 1.29 is 23.0 Å². The van der Waals surface area contributed by atoms with Gasteiger partial charge in [0.15, 0.2) is 17.4 Å². The van der Waals surface area contributed by atoms with Gasteiger partial charge in [-0.1, -0.05) is 6.07 Å². The number of phenolic OH excluding ortho intramolecular Hbond substituents is 1. The molecule has 0 saturated heterocycles. The highest BCUT2D eigenvalue weighted by Crippen LogP contribution is 2.35. The van der Waals surface area contributed by atoms with Crippen molar-refractivity contribution in [2.24, 2.45) is 0 Å². The highest BCUT2D eigenvalue weighted by Gasteiger charge is 2.23. The highest BCUT2D eigenvalue weighted by atomic mass is 32.2. The topological polar surface area (TPSA) is 141 Å². The number of furan rings is 1. The lowest BCUT2D eigenvalue weighted by atomic mass is 10.3. The molecule has 0 unspecified atom stereocenters. The van der Waals surface area contributed by atoms with Crippen LogP contribution in [0.4, 0.5) is 17.3 Å². The fourth-order valence-electron chi connectivity index (χ4n) is 2.30. The van der Waals surface area contributed by atoms with Gasteiger partial charge in [0.25, 0.3) is 0 Å². The maximum atomic E-state index is 12.3. The minimum Gasteiger partial charge on any atom is -0.504 e. The van der Waals surface area contributed by atoms with Crippen molar-refractivity contribution in [2.45, 2.75) is 38.3 Å². The zero-order valence-electron chi connectivity index (χ0n) is 19.1. The van der Waals surface area contributed by atoms with Gasteiger partial charge in [-0.2, -0.15) is 8.75 Å². The Balaban J connectivity index is 0.000000820. The lowest BCUT2D eigenvalue weighted by Crippen LogP contribution is -2.22. The molecule has 0 atom stereocenters. The molecule has 10 nitrogen and oxygen atoms in total. The summed E-state index contributed by atoms with van der Waals surface area (Å²) in [6, 6.07) is 6.34. The first-order valence-corrected chi connectivity index (χ1v) is 11.8. The smallest absolute Gasteiger partial charge is 0.246 e. The van der Waals surface area contributed by atoms with Crippen LogP contribution in [0.2, 0.25) is 0 Å². The number of terminal acetylenes is 1. The molecular formula is C21H29N5O5S2. The summed E-state index contributed by atoms with van der Waals surface area (Å²) in [6.07, 6.45) is 9.49. The van der Waals surface area contributed by atoms with E-state index >= 15 is 0 Å². The van der Waals surface area contributed by atoms with E-state index in [9.17, 15) is 13.5 Å². The number of aromatic nitrogens is 2. The standard InChI is InChI=1S/C16H19N5O4S2.C3H8O.C2H2/c1-10-7-11(25-9-10)8-17-15-16(20-26-19-15)18-12-5-4-6-13(14(12)22)27(23,24)21(2)3;1-3(2)4;1-2/h4-7,9,22H,8H2,1-3H3,(H,17,19)(H,18,20);3-4H,1-2H3;1-2H. The number of aromatic hydroxyl groups is 1. The third kappa shape index (κ3) is 8.07. The van der Waals surface area contributed by atoms with Crippen LogP contribution < -0.4 is 10.6 Å². The second-order valence-corrected chi connectivity index (χ2v) is 9.71. The van der Waals surface area contributed by atoms with Crippen molar-refractivity contribution in [3.05, 3.63) is 41.9 Å². The quantitative estimate of drug-likeness (QED) is 0.287. The zero-order valence-corrected chi connectivity index (χ0v) is 20.7. The molecule has 0 radical (unpaired) electrons. The van der Waals surface area contributed by atoms with Gasteiger partial charge in [-0.15, -0.1) is 12.8 Å². The van der Waals surface area contributed by atoms with E-state index in [0.29, 0.717) is 18.2 Å². The second kappa shape index (κ2) is 12.8. The van der Waals surface area contributed by atoms with Gasteiger partial charge in [0.2, 0.25) is 10.0 Å². The Morgan fingerprint density at radius 3 is 2.36 bits per heavy atom. The monoisotopic (exact) mass is 495 g/mol. The molecule has 180 valence electrons. The number of benzene rings is 1. The minimum atomic E-state index is -3.78. The van der Waals surface area contributed by atoms with Crippen molar-refractivity contribution in [2.75, 3.05) is 24.7 Å². The third-order valence-electron chi connectivity index (χ3n) is 3.71. The molecular weight excluding hydrogens is 466 g/mol. The van der Waals surface area contributed by atoms with Crippen LogP contribution in [0.25, 0.3) is 0 Å². The van der Waals surface area contributed by atoms with Gasteiger partial charge in [-0.3, -0.25) is 0 Å². The Hall–Kier alpha value is -3.11. The summed E-state index contributed by atoms with van der Waals surface area (Å²) in [5.74, 6) is 1.20. The van der Waals surface area contributed by atoms with Crippen molar-refractivity contribution in [1.82, 2.24) is 13.1 Å². The summed E-state index contributed by atoms with van der Waals surface area (Å²) in [4.78, 5) is -0.193. The first-order valence-electron chi connectivity index (χ1n) is 9.65. The first kappa shape index (κ1) is 27.9. The highest BCUT2D eigenvalue weighted by molar-refractivity contribution is 7.89. The van der Waals surface area contributed by atoms with Crippen LogP contribution in [0.15, 0.2) is 39.8 Å². The largest absolute Gasteiger partial charge is 0.504 e. The van der Waals surface area contributed by atoms with Gasteiger partial charge in [0, 0.05) is 20.2 Å². The van der Waals surface area contributed by atoms with Crippen molar-refractivity contribution in [1.29, 1.82) is 0 Å². The SMILES string of the molecule is C#C.CC(C)O.Cc1coc(CNc2nsnc2Nc2cccc(S(=O)(=O)N(C)C)c2O)c1. The van der Waals surface area contributed by atoms with E-state index in [1.54, 1.807) is 26.2 Å². The van der Waals surface area contributed by atoms with Gasteiger partial charge in [-0.25, -0.2) is 12.7 Å². The fourth-order valence-corrected chi connectivity index (χ4v) is 3.78. The van der Waals surface area contributed by atoms with Crippen molar-refractivity contribution in [3.63, 3.8) is 0 Å². The van der Waals surface area contributed by atoms with E-state index in [2.05, 4.69) is 32.2 Å². The number of phenols is 1. The molecule has 12 heteroatoms. The van der Waals surface area contributed by atoms with Crippen LogP contribution in [0.5, 0.6) is 5.75 Å². The predicted molar refractivity (Wildman–Crippen MR) is 130 cm³/mol. The Labute approximate surface area is 198 Å². The van der Waals surface area contributed by atoms with Crippen LogP contribution in [0, 0.1) is 19.8 Å². The van der Waals surface area contributed by atoms with Gasteiger partial charge in [0.05, 0.1) is 30.2 Å². The van der Waals surface area contributed by atoms with Crippen LogP contribution in [-0.4, -0.2) is 51.9 Å². The number of hydrogen-bond acceptors (Lipinski definition) is 10. The Morgan fingerprint density at radius 2 is 1.82 bits per heavy atom. The zero-order chi connectivity index (χ0) is 25.2. The van der Waals surface area contributed by atoms with E-state index in [-0.39, 0.29) is 22.4 Å². The van der Waals surface area contributed by atoms with E-state index in [4.69, 9.17) is 9.52 Å². The fraction of sp³-hybridized carbons (Fsp3) is 0.333. The molecule has 0 amide bonds. The summed E-state index contributed by atoms with van der Waals surface area (Å²) in [5.41, 5.74) is 1.23. The van der Waals surface area contributed by atoms with Gasteiger partial charge >= 0.3 is 0 Å². The molecule has 0 bridgehead atoms. The predicted octanol–water partition coefficient (Wildman–Crippen LogP) is 3.39. The van der Waals surface area contributed by atoms with Crippen LogP contribution in [-0.2, 0) is 16.6 Å². The molecule has 1 aromatic carbocycles. The molecule has 0 aliphatic heterocycles. The molecule has 0 saturated carbocycles. The Morgan fingerprint density at radius 1 is 1.21 bits per heavy atom. The van der Waals surface area contributed by atoms with E-state index < -0.39 is 10.0 Å². The average molecular weight is 496 g/mol. The third-order valence-corrected chi connectivity index (χ3v) is 6.09. The van der Waals surface area contributed by atoms with Gasteiger partial charge in [0.1, 0.15) is 10.7 Å². The number of hydrogen-bond donors (Lipinski definition) is 4. The molecule has 3 aromatic rings. The molecule has 33 heavy (non-hydrogen) atoms.